The molecule has 1 aliphatic heterocycles. The van der Waals surface area contributed by atoms with E-state index in [1.54, 1.807) is 16.8 Å². The number of para-hydroxylation sites is 1. The highest BCUT2D eigenvalue weighted by Crippen LogP contribution is 2.36. The van der Waals surface area contributed by atoms with Crippen LogP contribution in [0.25, 0.3) is 0 Å². The number of nitrogens with one attached hydrogen (secondary N) is 3. The van der Waals surface area contributed by atoms with E-state index in [9.17, 15) is 14.4 Å². The molecule has 9 heteroatoms. The Hall–Kier alpha value is -2.57. The van der Waals surface area contributed by atoms with Crippen LogP contribution in [0.4, 0.5) is 5.69 Å². The Morgan fingerprint density at radius 1 is 1.16 bits per heavy atom. The van der Waals surface area contributed by atoms with Crippen LogP contribution < -0.4 is 15.4 Å². The summed E-state index contributed by atoms with van der Waals surface area (Å²) in [7, 11) is 0. The molecular weight excluding hydrogens is 498 g/mol. The molecule has 210 valence electrons. The summed E-state index contributed by atoms with van der Waals surface area (Å²) >= 11 is 1.66. The summed E-state index contributed by atoms with van der Waals surface area (Å²) in [5.41, 5.74) is 1.33. The average Bonchev–Trinajstić information content (AvgIpc) is 3.79. The molecule has 8 nitrogen and oxygen atoms in total. The lowest BCUT2D eigenvalue weighted by molar-refractivity contribution is -0.133. The van der Waals surface area contributed by atoms with Gasteiger partial charge >= 0.3 is 0 Å². The number of likely N-dealkylation sites (tertiary alicyclic amines) is 1. The first-order valence-corrected chi connectivity index (χ1v) is 14.5. The molecule has 1 aromatic carbocycles. The lowest BCUT2D eigenvalue weighted by atomic mass is 10.0. The molecule has 1 saturated heterocycles. The van der Waals surface area contributed by atoms with Crippen LogP contribution >= 0.6 is 11.9 Å². The summed E-state index contributed by atoms with van der Waals surface area (Å²) in [5.74, 6) is 0.739. The van der Waals surface area contributed by atoms with Gasteiger partial charge in [-0.15, -0.1) is 0 Å². The largest absolute Gasteiger partial charge is 0.346 e. The van der Waals surface area contributed by atoms with Gasteiger partial charge in [-0.2, -0.15) is 5.26 Å². The summed E-state index contributed by atoms with van der Waals surface area (Å²) in [5, 5.41) is 15.1. The predicted octanol–water partition coefficient (Wildman–Crippen LogP) is 4.74. The second-order valence-electron chi connectivity index (χ2n) is 12.0. The Labute approximate surface area is 232 Å². The standard InChI is InChI=1S/C17H26N4O2S.C7H7NO.C5H12/c1-11-6-13(8-18)21(10-11)16(22)9-19-17(23)15(7-12-2-3-12)20-24-14-4-5-14;9-6-8-7-4-2-1-3-5-7;1-5(2,3)4/h11-15,20H,2-7,9-10H2,1H3,(H,19,23);1-6H,(H,8,9);1-4H3. The van der Waals surface area contributed by atoms with E-state index in [0.717, 1.165) is 18.5 Å². The minimum atomic E-state index is -0.352. The van der Waals surface area contributed by atoms with Crippen LogP contribution in [-0.2, 0) is 14.4 Å². The zero-order valence-corrected chi connectivity index (χ0v) is 24.4. The summed E-state index contributed by atoms with van der Waals surface area (Å²) in [6, 6.07) is 10.9. The molecule has 3 aliphatic rings. The minimum absolute atomic E-state index is 0.0132. The fourth-order valence-corrected chi connectivity index (χ4v) is 4.63. The SMILES string of the molecule is CC(C)(C)C.CC1CC(C#N)N(C(=O)CNC(=O)C(CC2CC2)NSC2CC2)C1.O=CNc1ccccc1. The van der Waals surface area contributed by atoms with E-state index in [4.69, 9.17) is 5.26 Å². The van der Waals surface area contributed by atoms with Gasteiger partial charge in [0.15, 0.2) is 0 Å². The van der Waals surface area contributed by atoms with Crippen LogP contribution in [0.15, 0.2) is 30.3 Å². The quantitative estimate of drug-likeness (QED) is 0.290. The smallest absolute Gasteiger partial charge is 0.243 e. The van der Waals surface area contributed by atoms with Gasteiger partial charge in [-0.3, -0.25) is 19.1 Å². The molecule has 4 rings (SSSR count). The number of benzene rings is 1. The lowest BCUT2D eigenvalue weighted by Gasteiger charge is -2.21. The molecule has 0 aromatic heterocycles. The number of hydrogen-bond acceptors (Lipinski definition) is 6. The van der Waals surface area contributed by atoms with Gasteiger partial charge in [0.1, 0.15) is 6.04 Å². The van der Waals surface area contributed by atoms with Crippen molar-refractivity contribution in [3.05, 3.63) is 30.3 Å². The molecule has 2 aliphatic carbocycles. The lowest BCUT2D eigenvalue weighted by Crippen LogP contribution is -2.47. The van der Waals surface area contributed by atoms with Crippen LogP contribution in [-0.4, -0.2) is 53.5 Å². The normalized spacial score (nSPS) is 21.0. The van der Waals surface area contributed by atoms with Gasteiger partial charge in [-0.1, -0.05) is 77.6 Å². The van der Waals surface area contributed by atoms with Gasteiger partial charge in [-0.05, 0) is 55.1 Å². The molecule has 3 unspecified atom stereocenters. The highest BCUT2D eigenvalue weighted by Gasteiger charge is 2.34. The fraction of sp³-hybridized carbons (Fsp3) is 0.655. The molecule has 1 heterocycles. The molecular formula is C29H45N5O3S. The minimum Gasteiger partial charge on any atom is -0.346 e. The number of hydrogen-bond donors (Lipinski definition) is 3. The summed E-state index contributed by atoms with van der Waals surface area (Å²) in [4.78, 5) is 36.3. The Balaban J connectivity index is 0.000000298. The van der Waals surface area contributed by atoms with Crippen LogP contribution in [0.3, 0.4) is 0 Å². The second kappa shape index (κ2) is 15.7. The van der Waals surface area contributed by atoms with Crippen molar-refractivity contribution in [2.24, 2.45) is 17.3 Å². The molecule has 3 atom stereocenters. The maximum atomic E-state index is 12.5. The number of nitrogens with zero attached hydrogens (tertiary/aromatic N) is 2. The zero-order valence-electron chi connectivity index (χ0n) is 23.5. The summed E-state index contributed by atoms with van der Waals surface area (Å²) in [6.45, 7) is 11.4. The fourth-order valence-electron chi connectivity index (χ4n) is 3.69. The maximum Gasteiger partial charge on any atom is 0.243 e. The number of carbonyl (C=O) groups is 3. The van der Waals surface area contributed by atoms with Crippen molar-refractivity contribution in [2.45, 2.75) is 90.5 Å². The number of rotatable bonds is 10. The average molecular weight is 544 g/mol. The first-order valence-electron chi connectivity index (χ1n) is 13.6. The van der Waals surface area contributed by atoms with E-state index in [-0.39, 0.29) is 30.4 Å². The van der Waals surface area contributed by atoms with E-state index in [1.807, 2.05) is 37.3 Å². The van der Waals surface area contributed by atoms with Crippen LogP contribution in [0.5, 0.6) is 0 Å². The first-order chi connectivity index (χ1) is 18.0. The van der Waals surface area contributed by atoms with Crippen LogP contribution in [0, 0.1) is 28.6 Å². The number of amides is 3. The van der Waals surface area contributed by atoms with Crippen molar-refractivity contribution in [1.29, 1.82) is 5.26 Å². The Bertz CT molecular complexity index is 916. The van der Waals surface area contributed by atoms with Crippen LogP contribution in [0.2, 0.25) is 0 Å². The van der Waals surface area contributed by atoms with Gasteiger partial charge in [-0.25, -0.2) is 0 Å². The van der Waals surface area contributed by atoms with E-state index in [0.29, 0.717) is 35.5 Å². The van der Waals surface area contributed by atoms with Crippen molar-refractivity contribution < 1.29 is 14.4 Å². The molecule has 0 radical (unpaired) electrons. The molecule has 3 fully saturated rings. The van der Waals surface area contributed by atoms with Crippen molar-refractivity contribution >= 4 is 35.9 Å². The summed E-state index contributed by atoms with van der Waals surface area (Å²) in [6.07, 6.45) is 7.08. The van der Waals surface area contributed by atoms with Crippen molar-refractivity contribution in [3.8, 4) is 6.07 Å². The summed E-state index contributed by atoms with van der Waals surface area (Å²) < 4.78 is 3.30. The van der Waals surface area contributed by atoms with E-state index in [2.05, 4.69) is 49.1 Å². The number of carbonyl (C=O) groups excluding carboxylic acids is 3. The third-order valence-corrected chi connectivity index (χ3v) is 7.10. The molecule has 3 amide bonds. The molecule has 1 aromatic rings. The monoisotopic (exact) mass is 543 g/mol. The first kappa shape index (κ1) is 31.6. The van der Waals surface area contributed by atoms with Gasteiger partial charge in [0, 0.05) is 17.5 Å². The molecule has 2 saturated carbocycles. The van der Waals surface area contributed by atoms with Crippen molar-refractivity contribution in [3.63, 3.8) is 0 Å². The predicted molar refractivity (Wildman–Crippen MR) is 154 cm³/mol. The molecule has 3 N–H and O–H groups in total. The van der Waals surface area contributed by atoms with Gasteiger partial charge < -0.3 is 15.5 Å². The third-order valence-electron chi connectivity index (χ3n) is 5.88. The number of nitriles is 1. The highest BCUT2D eigenvalue weighted by atomic mass is 32.2. The highest BCUT2D eigenvalue weighted by molar-refractivity contribution is 7.98. The maximum absolute atomic E-state index is 12.5. The van der Waals surface area contributed by atoms with Crippen molar-refractivity contribution in [2.75, 3.05) is 18.4 Å². The Morgan fingerprint density at radius 2 is 1.79 bits per heavy atom. The zero-order chi connectivity index (χ0) is 28.1. The molecule has 38 heavy (non-hydrogen) atoms. The molecule has 0 bridgehead atoms. The van der Waals surface area contributed by atoms with Gasteiger partial charge in [0.05, 0.1) is 18.7 Å². The molecule has 0 spiro atoms. The topological polar surface area (TPSA) is 114 Å². The van der Waals surface area contributed by atoms with E-state index >= 15 is 0 Å². The van der Waals surface area contributed by atoms with Crippen LogP contribution in [0.1, 0.15) is 73.1 Å². The van der Waals surface area contributed by atoms with Gasteiger partial charge in [0.25, 0.3) is 0 Å². The number of anilines is 1. The third kappa shape index (κ3) is 13.8. The second-order valence-corrected chi connectivity index (χ2v) is 13.2. The van der Waals surface area contributed by atoms with E-state index in [1.165, 1.54) is 25.7 Å². The Morgan fingerprint density at radius 3 is 2.32 bits per heavy atom. The Kier molecular flexibility index (Phi) is 13.1. The van der Waals surface area contributed by atoms with Gasteiger partial charge in [0.2, 0.25) is 18.2 Å². The van der Waals surface area contributed by atoms with Crippen molar-refractivity contribution in [1.82, 2.24) is 14.9 Å². The van der Waals surface area contributed by atoms with E-state index < -0.39 is 0 Å².